The van der Waals surface area contributed by atoms with E-state index in [1.807, 2.05) is 61.5 Å². The molecule has 0 aromatic heterocycles. The van der Waals surface area contributed by atoms with Gasteiger partial charge in [-0.15, -0.1) is 0 Å². The number of halogens is 1. The quantitative estimate of drug-likeness (QED) is 0.380. The number of aryl methyl sites for hydroxylation is 1. The van der Waals surface area contributed by atoms with Gasteiger partial charge >= 0.3 is 0 Å². The lowest BCUT2D eigenvalue weighted by atomic mass is 10.1. The Labute approximate surface area is 188 Å². The zero-order valence-electron chi connectivity index (χ0n) is 16.2. The van der Waals surface area contributed by atoms with Crippen molar-refractivity contribution < 1.29 is 14.3 Å². The maximum Gasteiger partial charge on any atom is 0.276 e. The molecule has 3 aromatic carbocycles. The van der Waals surface area contributed by atoms with E-state index < -0.39 is 5.91 Å². The van der Waals surface area contributed by atoms with E-state index in [2.05, 4.69) is 32.1 Å². The number of fused-ring (bicyclic) bond motifs is 1. The van der Waals surface area contributed by atoms with Crippen LogP contribution in [0.1, 0.15) is 11.1 Å². The summed E-state index contributed by atoms with van der Waals surface area (Å²) in [5, 5.41) is 4.60. The number of rotatable bonds is 5. The lowest BCUT2D eigenvalue weighted by Crippen LogP contribution is -2.50. The van der Waals surface area contributed by atoms with E-state index in [-0.39, 0.29) is 24.0 Å². The van der Waals surface area contributed by atoms with Crippen LogP contribution in [-0.4, -0.2) is 23.5 Å². The minimum atomic E-state index is -0.439. The average Bonchev–Trinajstić information content (AvgIpc) is 2.73. The molecule has 2 amide bonds. The van der Waals surface area contributed by atoms with Gasteiger partial charge in [0.2, 0.25) is 5.91 Å². The van der Waals surface area contributed by atoms with Crippen molar-refractivity contribution >= 4 is 55.8 Å². The van der Waals surface area contributed by atoms with E-state index in [9.17, 15) is 9.59 Å². The van der Waals surface area contributed by atoms with Gasteiger partial charge in [0.25, 0.3) is 5.91 Å². The average molecular weight is 486 g/mol. The molecule has 0 unspecified atom stereocenters. The Morgan fingerprint density at radius 3 is 2.50 bits per heavy atom. The van der Waals surface area contributed by atoms with Gasteiger partial charge < -0.3 is 10.1 Å². The summed E-state index contributed by atoms with van der Waals surface area (Å²) in [6.45, 7) is 1.72. The molecule has 0 aliphatic heterocycles. The molecule has 0 spiro atoms. The SMILES string of the molecule is Cc1ccccc1CC(=O)NC(=S)NNC(=O)COc1ccc2ccccc2c1Br. The molecule has 0 aliphatic carbocycles. The summed E-state index contributed by atoms with van der Waals surface area (Å²) in [4.78, 5) is 24.1. The maximum atomic E-state index is 12.1. The molecule has 3 rings (SSSR count). The van der Waals surface area contributed by atoms with Crippen LogP contribution in [0.4, 0.5) is 0 Å². The summed E-state index contributed by atoms with van der Waals surface area (Å²) in [5.74, 6) is -0.157. The van der Waals surface area contributed by atoms with Crippen molar-refractivity contribution in [1.29, 1.82) is 0 Å². The number of hydrogen-bond acceptors (Lipinski definition) is 4. The largest absolute Gasteiger partial charge is 0.483 e. The number of carbonyl (C=O) groups is 2. The third-order valence-corrected chi connectivity index (χ3v) is 5.39. The lowest BCUT2D eigenvalue weighted by molar-refractivity contribution is -0.124. The second-order valence-corrected chi connectivity index (χ2v) is 7.74. The molecule has 0 aliphatic rings. The predicted octanol–water partition coefficient (Wildman–Crippen LogP) is 3.55. The number of benzene rings is 3. The predicted molar refractivity (Wildman–Crippen MR) is 124 cm³/mol. The van der Waals surface area contributed by atoms with Crippen LogP contribution in [0.3, 0.4) is 0 Å². The maximum absolute atomic E-state index is 12.1. The van der Waals surface area contributed by atoms with E-state index in [4.69, 9.17) is 17.0 Å². The molecule has 0 radical (unpaired) electrons. The highest BCUT2D eigenvalue weighted by Crippen LogP contribution is 2.32. The fraction of sp³-hybridized carbons (Fsp3) is 0.136. The summed E-state index contributed by atoms with van der Waals surface area (Å²) < 4.78 is 6.36. The third-order valence-electron chi connectivity index (χ3n) is 4.37. The first kappa shape index (κ1) is 21.7. The zero-order chi connectivity index (χ0) is 21.5. The first-order chi connectivity index (χ1) is 14.4. The molecule has 0 atom stereocenters. The van der Waals surface area contributed by atoms with E-state index in [0.29, 0.717) is 5.75 Å². The van der Waals surface area contributed by atoms with Crippen LogP contribution >= 0.6 is 28.1 Å². The van der Waals surface area contributed by atoms with Crippen molar-refractivity contribution in [2.45, 2.75) is 13.3 Å². The molecular weight excluding hydrogens is 466 g/mol. The van der Waals surface area contributed by atoms with Crippen LogP contribution in [-0.2, 0) is 16.0 Å². The Morgan fingerprint density at radius 2 is 1.70 bits per heavy atom. The van der Waals surface area contributed by atoms with Crippen LogP contribution in [0.15, 0.2) is 65.1 Å². The molecule has 8 heteroatoms. The van der Waals surface area contributed by atoms with Gasteiger partial charge in [0.05, 0.1) is 10.9 Å². The Morgan fingerprint density at radius 1 is 0.967 bits per heavy atom. The van der Waals surface area contributed by atoms with Crippen LogP contribution in [0, 0.1) is 6.92 Å². The third kappa shape index (κ3) is 5.77. The number of amides is 2. The van der Waals surface area contributed by atoms with Crippen molar-refractivity contribution in [3.05, 3.63) is 76.3 Å². The van der Waals surface area contributed by atoms with Gasteiger partial charge in [0.1, 0.15) is 5.75 Å². The van der Waals surface area contributed by atoms with Crippen molar-refractivity contribution in [2.75, 3.05) is 6.61 Å². The highest BCUT2D eigenvalue weighted by Gasteiger charge is 2.10. The van der Waals surface area contributed by atoms with Gasteiger partial charge in [-0.05, 0) is 63.0 Å². The minimum Gasteiger partial charge on any atom is -0.483 e. The number of nitrogens with one attached hydrogen (secondary N) is 3. The van der Waals surface area contributed by atoms with Gasteiger partial charge in [-0.1, -0.05) is 54.6 Å². The summed E-state index contributed by atoms with van der Waals surface area (Å²) in [5.41, 5.74) is 6.85. The molecule has 30 heavy (non-hydrogen) atoms. The summed E-state index contributed by atoms with van der Waals surface area (Å²) in [6.07, 6.45) is 0.196. The van der Waals surface area contributed by atoms with Crippen molar-refractivity contribution in [3.63, 3.8) is 0 Å². The molecule has 154 valence electrons. The number of hydrazine groups is 1. The van der Waals surface area contributed by atoms with E-state index in [1.165, 1.54) is 0 Å². The second-order valence-electron chi connectivity index (χ2n) is 6.54. The Kier molecular flexibility index (Phi) is 7.37. The van der Waals surface area contributed by atoms with Crippen molar-refractivity contribution in [2.24, 2.45) is 0 Å². The standard InChI is InChI=1S/C22H20BrN3O3S/c1-14-6-2-3-8-16(14)12-19(27)24-22(30)26-25-20(28)13-29-18-11-10-15-7-4-5-9-17(15)21(18)23/h2-11H,12-13H2,1H3,(H,25,28)(H2,24,26,27,30). The summed E-state index contributed by atoms with van der Waals surface area (Å²) in [7, 11) is 0. The molecular formula is C22H20BrN3O3S. The molecule has 3 N–H and O–H groups in total. The monoisotopic (exact) mass is 485 g/mol. The van der Waals surface area contributed by atoms with E-state index in [1.54, 1.807) is 6.07 Å². The second kappa shape index (κ2) is 10.2. The van der Waals surface area contributed by atoms with E-state index in [0.717, 1.165) is 26.4 Å². The molecule has 0 saturated heterocycles. The fourth-order valence-corrected chi connectivity index (χ4v) is 3.59. The van der Waals surface area contributed by atoms with Crippen LogP contribution < -0.4 is 20.9 Å². The smallest absolute Gasteiger partial charge is 0.276 e. The molecule has 6 nitrogen and oxygen atoms in total. The first-order valence-corrected chi connectivity index (χ1v) is 10.4. The van der Waals surface area contributed by atoms with Gasteiger partial charge in [-0.2, -0.15) is 0 Å². The number of thiocarbonyl (C=S) groups is 1. The van der Waals surface area contributed by atoms with Crippen LogP contribution in [0.5, 0.6) is 5.75 Å². The molecule has 3 aromatic rings. The van der Waals surface area contributed by atoms with E-state index >= 15 is 0 Å². The Bertz CT molecular complexity index is 1100. The topological polar surface area (TPSA) is 79.5 Å². The summed E-state index contributed by atoms with van der Waals surface area (Å²) in [6, 6.07) is 19.2. The van der Waals surface area contributed by atoms with Gasteiger partial charge in [0.15, 0.2) is 11.7 Å². The fourth-order valence-electron chi connectivity index (χ4n) is 2.81. The number of carbonyl (C=O) groups excluding carboxylic acids is 2. The molecule has 0 heterocycles. The lowest BCUT2D eigenvalue weighted by Gasteiger charge is -2.13. The highest BCUT2D eigenvalue weighted by atomic mass is 79.9. The van der Waals surface area contributed by atoms with Crippen molar-refractivity contribution in [1.82, 2.24) is 16.2 Å². The Balaban J connectivity index is 1.44. The summed E-state index contributed by atoms with van der Waals surface area (Å²) >= 11 is 8.56. The molecule has 0 bridgehead atoms. The Hall–Kier alpha value is -2.97. The van der Waals surface area contributed by atoms with Crippen LogP contribution in [0.25, 0.3) is 10.8 Å². The normalized spacial score (nSPS) is 10.3. The minimum absolute atomic E-state index is 0.00817. The number of hydrogen-bond donors (Lipinski definition) is 3. The zero-order valence-corrected chi connectivity index (χ0v) is 18.6. The van der Waals surface area contributed by atoms with Gasteiger partial charge in [-0.25, -0.2) is 0 Å². The molecule has 0 saturated carbocycles. The number of ether oxygens (including phenoxy) is 1. The van der Waals surface area contributed by atoms with Crippen molar-refractivity contribution in [3.8, 4) is 5.75 Å². The highest BCUT2D eigenvalue weighted by molar-refractivity contribution is 9.10. The van der Waals surface area contributed by atoms with Gasteiger partial charge in [-0.3, -0.25) is 20.4 Å². The van der Waals surface area contributed by atoms with Crippen LogP contribution in [0.2, 0.25) is 0 Å². The molecule has 0 fully saturated rings. The van der Waals surface area contributed by atoms with Gasteiger partial charge in [0, 0.05) is 0 Å². The first-order valence-electron chi connectivity index (χ1n) is 9.17.